The van der Waals surface area contributed by atoms with Gasteiger partial charge in [-0.25, -0.2) is 9.37 Å². The monoisotopic (exact) mass is 366 g/mol. The molecule has 1 N–H and O–H groups in total. The first-order valence-corrected chi connectivity index (χ1v) is 7.97. The highest BCUT2D eigenvalue weighted by molar-refractivity contribution is 5.80. The lowest BCUT2D eigenvalue weighted by atomic mass is 10.2. The van der Waals surface area contributed by atoms with Crippen molar-refractivity contribution in [1.29, 1.82) is 0 Å². The molecule has 3 aromatic rings. The molecule has 0 bridgehead atoms. The van der Waals surface area contributed by atoms with Crippen molar-refractivity contribution >= 4 is 17.7 Å². The average Bonchev–Trinajstić information content (AvgIpc) is 2.68. The molecule has 0 amide bonds. The molecule has 0 aliphatic heterocycles. The summed E-state index contributed by atoms with van der Waals surface area (Å²) in [5, 5.41) is 14.6. The molecule has 0 radical (unpaired) electrons. The Morgan fingerprint density at radius 3 is 2.67 bits per heavy atom. The predicted molar refractivity (Wildman–Crippen MR) is 99.3 cm³/mol. The topological polar surface area (TPSA) is 89.7 Å². The number of pyridine rings is 1. The van der Waals surface area contributed by atoms with Gasteiger partial charge in [0.05, 0.1) is 11.1 Å². The standard InChI is InChI=1S/C19H15FN4O3/c20-16-3-1-2-15(10-16)13-27-18-7-4-14(5-8-18)11-22-23-19-9-6-17(12-21-19)24(25)26/h1-12H,13H2,(H,21,23)/b22-11+. The number of anilines is 1. The summed E-state index contributed by atoms with van der Waals surface area (Å²) in [7, 11) is 0. The van der Waals surface area contributed by atoms with Crippen LogP contribution in [0.4, 0.5) is 15.9 Å². The molecular weight excluding hydrogens is 351 g/mol. The molecule has 1 aromatic heterocycles. The summed E-state index contributed by atoms with van der Waals surface area (Å²) >= 11 is 0. The summed E-state index contributed by atoms with van der Waals surface area (Å²) < 4.78 is 18.7. The number of nitro groups is 1. The Kier molecular flexibility index (Phi) is 5.68. The van der Waals surface area contributed by atoms with Gasteiger partial charge in [-0.1, -0.05) is 12.1 Å². The quantitative estimate of drug-likeness (QED) is 0.385. The van der Waals surface area contributed by atoms with Crippen molar-refractivity contribution in [2.24, 2.45) is 5.10 Å². The fraction of sp³-hybridized carbons (Fsp3) is 0.0526. The Morgan fingerprint density at radius 2 is 2.00 bits per heavy atom. The number of ether oxygens (including phenoxy) is 1. The van der Waals surface area contributed by atoms with E-state index in [1.54, 1.807) is 30.5 Å². The highest BCUT2D eigenvalue weighted by Gasteiger charge is 2.04. The first-order chi connectivity index (χ1) is 13.1. The Balaban J connectivity index is 1.52. The zero-order valence-electron chi connectivity index (χ0n) is 14.1. The number of rotatable bonds is 7. The van der Waals surface area contributed by atoms with Gasteiger partial charge in [0.25, 0.3) is 5.69 Å². The summed E-state index contributed by atoms with van der Waals surface area (Å²) in [6, 6.07) is 16.3. The van der Waals surface area contributed by atoms with Crippen molar-refractivity contribution in [2.75, 3.05) is 5.43 Å². The molecule has 0 spiro atoms. The molecule has 136 valence electrons. The maximum absolute atomic E-state index is 13.1. The van der Waals surface area contributed by atoms with E-state index < -0.39 is 4.92 Å². The van der Waals surface area contributed by atoms with Crippen LogP contribution in [0.25, 0.3) is 0 Å². The Labute approximate surface area is 154 Å². The minimum absolute atomic E-state index is 0.0849. The highest BCUT2D eigenvalue weighted by atomic mass is 19.1. The fourth-order valence-corrected chi connectivity index (χ4v) is 2.18. The third-order valence-electron chi connectivity index (χ3n) is 3.53. The second-order valence-corrected chi connectivity index (χ2v) is 5.52. The summed E-state index contributed by atoms with van der Waals surface area (Å²) in [6.45, 7) is 0.276. The summed E-state index contributed by atoms with van der Waals surface area (Å²) in [4.78, 5) is 13.9. The summed E-state index contributed by atoms with van der Waals surface area (Å²) in [6.07, 6.45) is 2.74. The smallest absolute Gasteiger partial charge is 0.287 e. The van der Waals surface area contributed by atoms with Crippen molar-refractivity contribution in [3.8, 4) is 5.75 Å². The Hall–Kier alpha value is -3.81. The van der Waals surface area contributed by atoms with Gasteiger partial charge in [0.1, 0.15) is 30.2 Å². The lowest BCUT2D eigenvalue weighted by Crippen LogP contribution is -1.96. The van der Waals surface area contributed by atoms with E-state index >= 15 is 0 Å². The van der Waals surface area contributed by atoms with Crippen LogP contribution in [0.15, 0.2) is 72.0 Å². The van der Waals surface area contributed by atoms with Crippen LogP contribution >= 0.6 is 0 Å². The largest absolute Gasteiger partial charge is 0.489 e. The van der Waals surface area contributed by atoms with Gasteiger partial charge in [-0.2, -0.15) is 5.10 Å². The molecule has 27 heavy (non-hydrogen) atoms. The van der Waals surface area contributed by atoms with E-state index in [9.17, 15) is 14.5 Å². The van der Waals surface area contributed by atoms with E-state index in [1.165, 1.54) is 24.3 Å². The Bertz CT molecular complexity index is 944. The van der Waals surface area contributed by atoms with Crippen molar-refractivity contribution in [1.82, 2.24) is 4.98 Å². The van der Waals surface area contributed by atoms with Crippen LogP contribution < -0.4 is 10.2 Å². The van der Waals surface area contributed by atoms with Crippen LogP contribution in [0, 0.1) is 15.9 Å². The third-order valence-corrected chi connectivity index (χ3v) is 3.53. The zero-order chi connectivity index (χ0) is 19.1. The second kappa shape index (κ2) is 8.52. The number of hydrogen-bond acceptors (Lipinski definition) is 6. The molecule has 0 fully saturated rings. The molecule has 0 aliphatic carbocycles. The van der Waals surface area contributed by atoms with Crippen molar-refractivity contribution < 1.29 is 14.1 Å². The van der Waals surface area contributed by atoms with Crippen molar-refractivity contribution in [3.63, 3.8) is 0 Å². The Morgan fingerprint density at radius 1 is 1.19 bits per heavy atom. The zero-order valence-corrected chi connectivity index (χ0v) is 14.1. The van der Waals surface area contributed by atoms with E-state index in [1.807, 2.05) is 12.1 Å². The maximum Gasteiger partial charge on any atom is 0.287 e. The molecule has 3 rings (SSSR count). The second-order valence-electron chi connectivity index (χ2n) is 5.52. The SMILES string of the molecule is O=[N+]([O-])c1ccc(N/N=C/c2ccc(OCc3cccc(F)c3)cc2)nc1. The number of hydrazone groups is 1. The van der Waals surface area contributed by atoms with E-state index in [0.29, 0.717) is 11.6 Å². The molecule has 1 heterocycles. The molecule has 8 heteroatoms. The molecule has 2 aromatic carbocycles. The van der Waals surface area contributed by atoms with Crippen molar-refractivity contribution in [2.45, 2.75) is 6.61 Å². The van der Waals surface area contributed by atoms with Crippen LogP contribution in [-0.2, 0) is 6.61 Å². The average molecular weight is 366 g/mol. The first-order valence-electron chi connectivity index (χ1n) is 7.97. The molecule has 0 unspecified atom stereocenters. The molecule has 7 nitrogen and oxygen atoms in total. The van der Waals surface area contributed by atoms with Gasteiger partial charge >= 0.3 is 0 Å². The lowest BCUT2D eigenvalue weighted by molar-refractivity contribution is -0.385. The van der Waals surface area contributed by atoms with Crippen LogP contribution in [0.2, 0.25) is 0 Å². The number of benzene rings is 2. The molecule has 0 aliphatic rings. The number of hydrogen-bond donors (Lipinski definition) is 1. The highest BCUT2D eigenvalue weighted by Crippen LogP contribution is 2.15. The molecule has 0 saturated carbocycles. The van der Waals surface area contributed by atoms with Gasteiger partial charge < -0.3 is 4.74 Å². The maximum atomic E-state index is 13.1. The first kappa shape index (κ1) is 18.0. The van der Waals surface area contributed by atoms with Crippen LogP contribution in [0.5, 0.6) is 5.75 Å². The van der Waals surface area contributed by atoms with Crippen molar-refractivity contribution in [3.05, 3.63) is 93.9 Å². The van der Waals surface area contributed by atoms with Crippen LogP contribution in [0.1, 0.15) is 11.1 Å². The van der Waals surface area contributed by atoms with E-state index in [-0.39, 0.29) is 18.1 Å². The number of aromatic nitrogens is 1. The third kappa shape index (κ3) is 5.33. The van der Waals surface area contributed by atoms with Gasteiger partial charge in [0, 0.05) is 6.07 Å². The molecule has 0 saturated heterocycles. The number of nitrogens with one attached hydrogen (secondary N) is 1. The van der Waals surface area contributed by atoms with E-state index in [0.717, 1.165) is 17.3 Å². The normalized spacial score (nSPS) is 10.7. The number of halogens is 1. The lowest BCUT2D eigenvalue weighted by Gasteiger charge is -2.06. The minimum atomic E-state index is -0.516. The summed E-state index contributed by atoms with van der Waals surface area (Å²) in [5.74, 6) is 0.756. The van der Waals surface area contributed by atoms with E-state index in [4.69, 9.17) is 4.74 Å². The fourth-order valence-electron chi connectivity index (χ4n) is 2.18. The van der Waals surface area contributed by atoms with Gasteiger partial charge in [-0.05, 0) is 53.6 Å². The van der Waals surface area contributed by atoms with Gasteiger partial charge in [-0.15, -0.1) is 0 Å². The predicted octanol–water partition coefficient (Wildman–Crippen LogP) is 4.15. The molecular formula is C19H15FN4O3. The van der Waals surface area contributed by atoms with Gasteiger partial charge in [0.15, 0.2) is 0 Å². The summed E-state index contributed by atoms with van der Waals surface area (Å²) in [5.41, 5.74) is 4.18. The number of nitrogens with zero attached hydrogens (tertiary/aromatic N) is 3. The minimum Gasteiger partial charge on any atom is -0.489 e. The van der Waals surface area contributed by atoms with Crippen LogP contribution in [-0.4, -0.2) is 16.1 Å². The van der Waals surface area contributed by atoms with E-state index in [2.05, 4.69) is 15.5 Å². The van der Waals surface area contributed by atoms with Crippen LogP contribution in [0.3, 0.4) is 0 Å². The van der Waals surface area contributed by atoms with Gasteiger partial charge in [-0.3, -0.25) is 15.5 Å². The van der Waals surface area contributed by atoms with Gasteiger partial charge in [0.2, 0.25) is 0 Å². The molecule has 0 atom stereocenters.